The van der Waals surface area contributed by atoms with Crippen molar-refractivity contribution < 1.29 is 0 Å². The molecule has 0 rings (SSSR count). The summed E-state index contributed by atoms with van der Waals surface area (Å²) in [6.07, 6.45) is 5.44. The lowest BCUT2D eigenvalue weighted by molar-refractivity contribution is 0.544. The second-order valence-electron chi connectivity index (χ2n) is 6.29. The highest BCUT2D eigenvalue weighted by Crippen LogP contribution is 2.14. The van der Waals surface area contributed by atoms with Crippen LogP contribution in [0.2, 0.25) is 0 Å². The molecule has 0 aliphatic rings. The van der Waals surface area contributed by atoms with Gasteiger partial charge >= 0.3 is 0 Å². The van der Waals surface area contributed by atoms with E-state index in [9.17, 15) is 0 Å². The molecule has 0 saturated carbocycles. The van der Waals surface area contributed by atoms with Crippen LogP contribution in [0.25, 0.3) is 0 Å². The second-order valence-corrected chi connectivity index (χ2v) is 6.29. The van der Waals surface area contributed by atoms with Crippen LogP contribution < -0.4 is 16.8 Å². The van der Waals surface area contributed by atoms with E-state index in [1.165, 1.54) is 0 Å². The van der Waals surface area contributed by atoms with Crippen molar-refractivity contribution in [3.63, 3.8) is 0 Å². The highest BCUT2D eigenvalue weighted by Gasteiger charge is 2.11. The lowest BCUT2D eigenvalue weighted by atomic mass is 10.1. The van der Waals surface area contributed by atoms with E-state index >= 15 is 0 Å². The molecule has 0 aliphatic heterocycles. The van der Waals surface area contributed by atoms with Crippen LogP contribution in [0, 0.1) is 5.92 Å². The molecule has 0 aromatic carbocycles. The van der Waals surface area contributed by atoms with Crippen molar-refractivity contribution in [2.45, 2.75) is 46.6 Å². The van der Waals surface area contributed by atoms with E-state index in [0.717, 1.165) is 35.8 Å². The Labute approximate surface area is 142 Å². The summed E-state index contributed by atoms with van der Waals surface area (Å²) in [5, 5.41) is 3.34. The first kappa shape index (κ1) is 21.2. The maximum atomic E-state index is 5.95. The Kier molecular flexibility index (Phi) is 10.1. The smallest absolute Gasteiger partial charge is 0.0628 e. The summed E-state index contributed by atoms with van der Waals surface area (Å²) >= 11 is 0. The zero-order chi connectivity index (χ0) is 18.0. The number of nitrogens with two attached hydrogens (primary N) is 2. The van der Waals surface area contributed by atoms with E-state index in [4.69, 9.17) is 11.5 Å². The van der Waals surface area contributed by atoms with Crippen LogP contribution in [-0.4, -0.2) is 37.3 Å². The van der Waals surface area contributed by atoms with Crippen molar-refractivity contribution in [3.8, 4) is 0 Å². The summed E-state index contributed by atoms with van der Waals surface area (Å²) in [5.41, 5.74) is 15.6. The zero-order valence-electron chi connectivity index (χ0n) is 15.7. The fraction of sp³-hybridized carbons (Fsp3) is 0.611. The topological polar surface area (TPSA) is 79.7 Å². The molecule has 0 spiro atoms. The van der Waals surface area contributed by atoms with E-state index in [2.05, 4.69) is 30.7 Å². The number of hydrogen-bond acceptors (Lipinski definition) is 5. The van der Waals surface area contributed by atoms with E-state index in [1.807, 2.05) is 38.1 Å². The summed E-state index contributed by atoms with van der Waals surface area (Å²) in [5.74, 6) is 0.555. The van der Waals surface area contributed by atoms with Crippen LogP contribution in [0.4, 0.5) is 0 Å². The van der Waals surface area contributed by atoms with Gasteiger partial charge < -0.3 is 21.7 Å². The van der Waals surface area contributed by atoms with Crippen molar-refractivity contribution >= 4 is 5.71 Å². The summed E-state index contributed by atoms with van der Waals surface area (Å²) in [6.45, 7) is 13.3. The molecule has 0 aliphatic carbocycles. The minimum absolute atomic E-state index is 0.0429. The Morgan fingerprint density at radius 1 is 1.35 bits per heavy atom. The minimum Gasteiger partial charge on any atom is -0.401 e. The molecule has 0 aromatic heterocycles. The SMILES string of the molecule is C=C(NCC(C)C)C(C/C(=C/C(C)N)N(C)/C=C(/N)CC)=NC. The maximum absolute atomic E-state index is 5.95. The molecule has 132 valence electrons. The first-order valence-electron chi connectivity index (χ1n) is 8.25. The normalized spacial score (nSPS) is 14.9. The average Bonchev–Trinajstić information content (AvgIpc) is 2.48. The largest absolute Gasteiger partial charge is 0.401 e. The van der Waals surface area contributed by atoms with E-state index < -0.39 is 0 Å². The van der Waals surface area contributed by atoms with Crippen LogP contribution in [0.5, 0.6) is 0 Å². The number of nitrogens with one attached hydrogen (secondary N) is 1. The number of hydrogen-bond donors (Lipinski definition) is 3. The summed E-state index contributed by atoms with van der Waals surface area (Å²) in [7, 11) is 3.77. The molecule has 0 heterocycles. The predicted octanol–water partition coefficient (Wildman–Crippen LogP) is 2.58. The van der Waals surface area contributed by atoms with Crippen molar-refractivity contribution in [1.82, 2.24) is 10.2 Å². The lowest BCUT2D eigenvalue weighted by Crippen LogP contribution is -2.26. The molecule has 5 N–H and O–H groups in total. The van der Waals surface area contributed by atoms with Crippen LogP contribution in [0.1, 0.15) is 40.5 Å². The van der Waals surface area contributed by atoms with Gasteiger partial charge in [0.15, 0.2) is 0 Å². The zero-order valence-corrected chi connectivity index (χ0v) is 15.7. The molecular weight excluding hydrogens is 286 g/mol. The third-order valence-corrected chi connectivity index (χ3v) is 3.37. The number of nitrogens with zero attached hydrogens (tertiary/aromatic N) is 2. The van der Waals surface area contributed by atoms with Crippen LogP contribution in [0.3, 0.4) is 0 Å². The molecule has 0 aromatic rings. The fourth-order valence-electron chi connectivity index (χ4n) is 1.95. The third kappa shape index (κ3) is 9.08. The molecule has 0 radical (unpaired) electrons. The highest BCUT2D eigenvalue weighted by molar-refractivity contribution is 6.00. The minimum atomic E-state index is -0.0429. The molecule has 5 nitrogen and oxygen atoms in total. The quantitative estimate of drug-likeness (QED) is 0.540. The number of aliphatic imine (C=N–C) groups is 1. The van der Waals surface area contributed by atoms with Crippen molar-refractivity contribution in [2.24, 2.45) is 22.4 Å². The van der Waals surface area contributed by atoms with E-state index in [1.54, 1.807) is 7.05 Å². The van der Waals surface area contributed by atoms with Crippen molar-refractivity contribution in [3.05, 3.63) is 35.9 Å². The van der Waals surface area contributed by atoms with Gasteiger partial charge in [-0.1, -0.05) is 27.4 Å². The number of rotatable bonds is 10. The van der Waals surface area contributed by atoms with Crippen LogP contribution >= 0.6 is 0 Å². The van der Waals surface area contributed by atoms with Gasteiger partial charge in [-0.3, -0.25) is 4.99 Å². The third-order valence-electron chi connectivity index (χ3n) is 3.37. The van der Waals surface area contributed by atoms with Crippen molar-refractivity contribution in [1.29, 1.82) is 0 Å². The maximum Gasteiger partial charge on any atom is 0.0628 e. The van der Waals surface area contributed by atoms with Gasteiger partial charge in [0.2, 0.25) is 0 Å². The van der Waals surface area contributed by atoms with Crippen LogP contribution in [-0.2, 0) is 0 Å². The first-order valence-corrected chi connectivity index (χ1v) is 8.25. The van der Waals surface area contributed by atoms with Gasteiger partial charge in [0, 0.05) is 56.4 Å². The summed E-state index contributed by atoms with van der Waals surface area (Å²) in [6, 6.07) is -0.0429. The molecular formula is C18H35N5. The molecule has 0 fully saturated rings. The molecule has 1 atom stereocenters. The van der Waals surface area contributed by atoms with Gasteiger partial charge in [-0.25, -0.2) is 0 Å². The average molecular weight is 322 g/mol. The van der Waals surface area contributed by atoms with E-state index in [-0.39, 0.29) is 6.04 Å². The van der Waals surface area contributed by atoms with Gasteiger partial charge in [-0.2, -0.15) is 0 Å². The Balaban J connectivity index is 5.18. The molecule has 0 saturated heterocycles. The van der Waals surface area contributed by atoms with Crippen molar-refractivity contribution in [2.75, 3.05) is 20.6 Å². The van der Waals surface area contributed by atoms with Gasteiger partial charge in [0.05, 0.1) is 5.71 Å². The molecule has 23 heavy (non-hydrogen) atoms. The van der Waals surface area contributed by atoms with Crippen LogP contribution in [0.15, 0.2) is 40.9 Å². The Morgan fingerprint density at radius 2 is 1.96 bits per heavy atom. The van der Waals surface area contributed by atoms with Gasteiger partial charge in [-0.05, 0) is 25.3 Å². The Morgan fingerprint density at radius 3 is 2.39 bits per heavy atom. The molecule has 1 unspecified atom stereocenters. The Bertz CT molecular complexity index is 458. The van der Waals surface area contributed by atoms with E-state index in [0.29, 0.717) is 12.3 Å². The summed E-state index contributed by atoms with van der Waals surface area (Å²) < 4.78 is 0. The number of allylic oxidation sites excluding steroid dienone is 3. The van der Waals surface area contributed by atoms with Gasteiger partial charge in [0.25, 0.3) is 0 Å². The monoisotopic (exact) mass is 321 g/mol. The van der Waals surface area contributed by atoms with Gasteiger partial charge in [-0.15, -0.1) is 0 Å². The predicted molar refractivity (Wildman–Crippen MR) is 102 cm³/mol. The standard InChI is InChI=1S/C18H35N5/c1-8-16(20)12-23(7)17(9-14(4)19)10-18(21-6)15(5)22-11-13(2)3/h9,12-14,22H,5,8,10-11,19-20H2,1-4,6-7H3/b16-12+,17-9-,21-18?. The Hall–Kier alpha value is -1.75. The van der Waals surface area contributed by atoms with Gasteiger partial charge in [0.1, 0.15) is 0 Å². The lowest BCUT2D eigenvalue weighted by Gasteiger charge is -2.22. The summed E-state index contributed by atoms with van der Waals surface area (Å²) in [4.78, 5) is 6.41. The molecule has 0 bridgehead atoms. The molecule has 5 heteroatoms. The highest BCUT2D eigenvalue weighted by atomic mass is 15.1. The molecule has 0 amide bonds. The fourth-order valence-corrected chi connectivity index (χ4v) is 1.95. The second kappa shape index (κ2) is 10.9. The first-order chi connectivity index (χ1) is 10.7.